The van der Waals surface area contributed by atoms with E-state index in [4.69, 9.17) is 9.90 Å². The topological polar surface area (TPSA) is 37.3 Å². The fraction of sp³-hybridized carbons (Fsp3) is 0.500. The van der Waals surface area contributed by atoms with E-state index >= 15 is 0 Å². The van der Waals surface area contributed by atoms with Gasteiger partial charge < -0.3 is 58.3 Å². The Labute approximate surface area is 117 Å². The van der Waals surface area contributed by atoms with E-state index in [2.05, 4.69) is 0 Å². The Hall–Kier alpha value is -0.578. The molecule has 0 aliphatic carbocycles. The van der Waals surface area contributed by atoms with Crippen molar-refractivity contribution in [2.45, 2.75) is 6.92 Å². The number of halogens is 12. The van der Waals surface area contributed by atoms with Crippen LogP contribution in [0.25, 0.3) is 0 Å². The second-order valence-corrected chi connectivity index (χ2v) is 2.00. The molecule has 0 aliphatic rings. The van der Waals surface area contributed by atoms with Crippen LogP contribution in [-0.2, 0) is 4.79 Å². The predicted molar refractivity (Wildman–Crippen MR) is 45.0 cm³/mol. The largest absolute Gasteiger partial charge is 1.00 e. The van der Waals surface area contributed by atoms with Gasteiger partial charge in [0, 0.05) is 6.92 Å². The monoisotopic (exact) mass is 329 g/mol. The Morgan fingerprint density at radius 1 is 0.700 bits per heavy atom. The number of carbonyl (C=O) groups is 1. The van der Waals surface area contributed by atoms with Crippen molar-refractivity contribution in [1.82, 2.24) is 0 Å². The first kappa shape index (κ1) is 31.7. The van der Waals surface area contributed by atoms with Crippen LogP contribution in [-0.4, -0.2) is 32.8 Å². The molecule has 122 valence electrons. The SMILES string of the molecule is CC(=O)O.F[B-](F)(F)F.F[B-](F)(F)F.F[B-](F)(F)F.[H-].[Li+]. The minimum Gasteiger partial charge on any atom is -1.00 e. The van der Waals surface area contributed by atoms with E-state index in [1.165, 1.54) is 0 Å². The second kappa shape index (κ2) is 13.4. The Bertz CT molecular complexity index is 177. The van der Waals surface area contributed by atoms with E-state index in [1.54, 1.807) is 0 Å². The molecule has 0 bridgehead atoms. The van der Waals surface area contributed by atoms with E-state index in [-0.39, 0.29) is 20.3 Å². The van der Waals surface area contributed by atoms with Crippen molar-refractivity contribution < 1.29 is 82.0 Å². The summed E-state index contributed by atoms with van der Waals surface area (Å²) in [4.78, 5) is 9.00. The first-order valence-electron chi connectivity index (χ1n) is 3.55. The minimum atomic E-state index is -6.00. The number of carboxylic acid groups (broad SMARTS) is 1. The van der Waals surface area contributed by atoms with Crippen LogP contribution in [0.3, 0.4) is 0 Å². The third kappa shape index (κ3) is 14100. The molecule has 0 atom stereocenters. The first-order valence-corrected chi connectivity index (χ1v) is 3.55. The third-order valence-electron chi connectivity index (χ3n) is 0. The van der Waals surface area contributed by atoms with Gasteiger partial charge >= 0.3 is 40.6 Å². The summed E-state index contributed by atoms with van der Waals surface area (Å²) >= 11 is 0. The maximum Gasteiger partial charge on any atom is 1.00 e. The first-order chi connectivity index (χ1) is 7.73. The van der Waals surface area contributed by atoms with Crippen LogP contribution < -0.4 is 18.9 Å². The molecule has 0 aromatic rings. The standard InChI is InChI=1S/C2H4O2.3BF4.Li.H/c1-2(3)4;3*2-1(3,4)5;;/h1H3,(H,3,4);;;;;/q;3*-1;+1;-1. The molecule has 0 amide bonds. The quantitative estimate of drug-likeness (QED) is 0.534. The molecular weight excluding hydrogens is 323 g/mol. The number of hydrogen-bond acceptors (Lipinski definition) is 1. The predicted octanol–water partition coefficient (Wildman–Crippen LogP) is 1.11. The van der Waals surface area contributed by atoms with Crippen molar-refractivity contribution in [3.8, 4) is 0 Å². The van der Waals surface area contributed by atoms with E-state index in [0.717, 1.165) is 6.92 Å². The molecule has 0 fully saturated rings. The van der Waals surface area contributed by atoms with E-state index in [0.29, 0.717) is 0 Å². The number of hydrogen-bond donors (Lipinski definition) is 1. The number of carboxylic acids is 1. The zero-order valence-corrected chi connectivity index (χ0v) is 9.62. The van der Waals surface area contributed by atoms with Crippen LogP contribution >= 0.6 is 0 Å². The summed E-state index contributed by atoms with van der Waals surface area (Å²) in [6, 6.07) is 0. The average molecular weight is 328 g/mol. The van der Waals surface area contributed by atoms with Crippen LogP contribution in [0.2, 0.25) is 0 Å². The van der Waals surface area contributed by atoms with Gasteiger partial charge in [0.1, 0.15) is 0 Å². The molecule has 0 saturated carbocycles. The summed E-state index contributed by atoms with van der Waals surface area (Å²) < 4.78 is 117. The van der Waals surface area contributed by atoms with Crippen molar-refractivity contribution in [2.24, 2.45) is 0 Å². The Kier molecular flexibility index (Phi) is 21.2. The van der Waals surface area contributed by atoms with Gasteiger partial charge in [-0.05, 0) is 0 Å². The van der Waals surface area contributed by atoms with E-state index in [1.807, 2.05) is 0 Å². The minimum absolute atomic E-state index is 0. The van der Waals surface area contributed by atoms with Crippen molar-refractivity contribution in [1.29, 1.82) is 0 Å². The zero-order chi connectivity index (χ0) is 17.1. The van der Waals surface area contributed by atoms with Crippen molar-refractivity contribution >= 4 is 27.7 Å². The molecule has 0 rings (SSSR count). The molecule has 0 radical (unpaired) electrons. The van der Waals surface area contributed by atoms with Gasteiger partial charge in [-0.3, -0.25) is 4.79 Å². The van der Waals surface area contributed by atoms with Crippen molar-refractivity contribution in [3.05, 3.63) is 0 Å². The van der Waals surface area contributed by atoms with Gasteiger partial charge in [-0.1, -0.05) is 0 Å². The number of rotatable bonds is 0. The molecular formula is C2H5B3F12LiO2-3. The van der Waals surface area contributed by atoms with Gasteiger partial charge in [0.2, 0.25) is 0 Å². The Balaban J connectivity index is -0.0000000347. The van der Waals surface area contributed by atoms with Gasteiger partial charge in [0.05, 0.1) is 0 Å². The molecule has 0 heterocycles. The third-order valence-corrected chi connectivity index (χ3v) is 0. The molecule has 18 heteroatoms. The van der Waals surface area contributed by atoms with Crippen LogP contribution in [0.5, 0.6) is 0 Å². The van der Waals surface area contributed by atoms with Crippen LogP contribution in [0.4, 0.5) is 51.8 Å². The van der Waals surface area contributed by atoms with Gasteiger partial charge in [-0.2, -0.15) is 0 Å². The van der Waals surface area contributed by atoms with Gasteiger partial charge in [-0.15, -0.1) is 0 Å². The van der Waals surface area contributed by atoms with Crippen LogP contribution in [0.15, 0.2) is 0 Å². The maximum atomic E-state index is 9.75. The van der Waals surface area contributed by atoms with Crippen LogP contribution in [0.1, 0.15) is 8.35 Å². The molecule has 0 spiro atoms. The van der Waals surface area contributed by atoms with Gasteiger partial charge in [0.25, 0.3) is 5.97 Å². The summed E-state index contributed by atoms with van der Waals surface area (Å²) in [6.07, 6.45) is 0. The summed E-state index contributed by atoms with van der Waals surface area (Å²) in [6.45, 7) is 1.08. The second-order valence-electron chi connectivity index (χ2n) is 2.00. The number of aliphatic carboxylic acids is 1. The average Bonchev–Trinajstić information content (AvgIpc) is 1.66. The molecule has 0 aromatic heterocycles. The zero-order valence-electron chi connectivity index (χ0n) is 10.6. The smallest absolute Gasteiger partial charge is 1.00 e. The molecule has 0 unspecified atom stereocenters. The molecule has 2 nitrogen and oxygen atoms in total. The Morgan fingerprint density at radius 3 is 0.700 bits per heavy atom. The molecule has 0 saturated heterocycles. The van der Waals surface area contributed by atoms with Crippen molar-refractivity contribution in [3.63, 3.8) is 0 Å². The van der Waals surface area contributed by atoms with Gasteiger partial charge in [0.15, 0.2) is 0 Å². The van der Waals surface area contributed by atoms with Crippen molar-refractivity contribution in [2.75, 3.05) is 0 Å². The summed E-state index contributed by atoms with van der Waals surface area (Å²) in [7, 11) is -18.0. The summed E-state index contributed by atoms with van der Waals surface area (Å²) in [5.41, 5.74) is 0. The molecule has 0 aromatic carbocycles. The fourth-order valence-corrected chi connectivity index (χ4v) is 0. The molecule has 20 heavy (non-hydrogen) atoms. The summed E-state index contributed by atoms with van der Waals surface area (Å²) in [5, 5.41) is 7.42. The van der Waals surface area contributed by atoms with Gasteiger partial charge in [-0.25, -0.2) is 0 Å². The molecule has 0 aliphatic heterocycles. The fourth-order valence-electron chi connectivity index (χ4n) is 0. The van der Waals surface area contributed by atoms with E-state index < -0.39 is 27.7 Å². The summed E-state index contributed by atoms with van der Waals surface area (Å²) in [5.74, 6) is -0.833. The Morgan fingerprint density at radius 2 is 0.700 bits per heavy atom. The van der Waals surface area contributed by atoms with Crippen LogP contribution in [0, 0.1) is 0 Å². The maximum absolute atomic E-state index is 9.75. The normalized spacial score (nSPS) is 10.2. The van der Waals surface area contributed by atoms with E-state index in [9.17, 15) is 51.8 Å². The molecule has 1 N–H and O–H groups in total.